The number of nitrogens with one attached hydrogen (secondary N) is 2. The van der Waals surface area contributed by atoms with Gasteiger partial charge in [-0.2, -0.15) is 13.1 Å². The molecule has 2 aromatic rings. The number of thiazole rings is 2. The van der Waals surface area contributed by atoms with E-state index in [2.05, 4.69) is 9.97 Å². The SMILES string of the molecule is [NH-]CC[NH-].[Pt+4].c1cscn1.c1cscn1. The summed E-state index contributed by atoms with van der Waals surface area (Å²) in [6.07, 6.45) is 3.54. The second-order valence-corrected chi connectivity index (χ2v) is 3.36. The van der Waals surface area contributed by atoms with Crippen molar-refractivity contribution in [2.24, 2.45) is 0 Å². The summed E-state index contributed by atoms with van der Waals surface area (Å²) in [5, 5.41) is 3.86. The Morgan fingerprint density at radius 1 is 0.867 bits per heavy atom. The molecule has 2 aromatic heterocycles. The van der Waals surface area contributed by atoms with Crippen molar-refractivity contribution < 1.29 is 21.1 Å². The fourth-order valence-electron chi connectivity index (χ4n) is 0.351. The van der Waals surface area contributed by atoms with Gasteiger partial charge in [-0.3, -0.25) is 9.97 Å². The molecule has 2 heterocycles. The first kappa shape index (κ1) is 17.3. The molecule has 0 fully saturated rings. The fraction of sp³-hybridized carbons (Fsp3) is 0.250. The van der Waals surface area contributed by atoms with Gasteiger partial charge in [0, 0.05) is 23.2 Å². The fourth-order valence-corrected chi connectivity index (χ4v) is 1.05. The van der Waals surface area contributed by atoms with Crippen LogP contribution in [0.5, 0.6) is 0 Å². The van der Waals surface area contributed by atoms with Crippen LogP contribution in [0.2, 0.25) is 0 Å². The molecule has 0 aromatic carbocycles. The topological polar surface area (TPSA) is 73.4 Å². The second kappa shape index (κ2) is 16.3. The first-order chi connectivity index (χ1) is 6.91. The Hall–Kier alpha value is -0.132. The van der Waals surface area contributed by atoms with Crippen LogP contribution in [0.25, 0.3) is 11.5 Å². The first-order valence-electron chi connectivity index (χ1n) is 3.85. The minimum atomic E-state index is 0. The van der Waals surface area contributed by atoms with Gasteiger partial charge in [0.15, 0.2) is 0 Å². The van der Waals surface area contributed by atoms with E-state index in [-0.39, 0.29) is 34.2 Å². The van der Waals surface area contributed by atoms with Crippen LogP contribution in [0.4, 0.5) is 0 Å². The summed E-state index contributed by atoms with van der Waals surface area (Å²) < 4.78 is 0. The Labute approximate surface area is 112 Å². The standard InChI is InChI=1S/2C3H3NS.C2H6N2.Pt/c2*1-2-5-3-4-1;3-1-2-4;/h2*1-3H;3-4H,1-2H2;/q;;-2;+4. The Morgan fingerprint density at radius 3 is 1.33 bits per heavy atom. The van der Waals surface area contributed by atoms with Crippen LogP contribution in [0, 0.1) is 0 Å². The predicted molar refractivity (Wildman–Crippen MR) is 62.6 cm³/mol. The first-order valence-corrected chi connectivity index (χ1v) is 5.73. The molecule has 0 unspecified atom stereocenters. The molecule has 0 saturated heterocycles. The predicted octanol–water partition coefficient (Wildman–Crippen LogP) is 3.37. The summed E-state index contributed by atoms with van der Waals surface area (Å²) in [4.78, 5) is 7.48. The number of nitrogens with zero attached hydrogens (tertiary/aromatic N) is 2. The van der Waals surface area contributed by atoms with E-state index in [9.17, 15) is 0 Å². The van der Waals surface area contributed by atoms with E-state index < -0.39 is 0 Å². The molecule has 0 atom stereocenters. The monoisotopic (exact) mass is 423 g/mol. The number of hydrogen-bond acceptors (Lipinski definition) is 4. The molecule has 0 saturated carbocycles. The van der Waals surface area contributed by atoms with Gasteiger partial charge >= 0.3 is 21.1 Å². The molecular formula is C8H12N4PtS2+2. The van der Waals surface area contributed by atoms with Crippen LogP contribution < -0.4 is 0 Å². The maximum absolute atomic E-state index is 6.26. The maximum atomic E-state index is 6.26. The largest absolute Gasteiger partial charge is 4.00 e. The van der Waals surface area contributed by atoms with Gasteiger partial charge in [-0.25, -0.2) is 0 Å². The van der Waals surface area contributed by atoms with Crippen LogP contribution in [-0.4, -0.2) is 23.1 Å². The zero-order valence-electron chi connectivity index (χ0n) is 7.91. The Balaban J connectivity index is 0. The van der Waals surface area contributed by atoms with E-state index in [1.807, 2.05) is 10.8 Å². The molecule has 7 heteroatoms. The van der Waals surface area contributed by atoms with Gasteiger partial charge in [0.05, 0.1) is 11.0 Å². The van der Waals surface area contributed by atoms with Crippen LogP contribution in [0.15, 0.2) is 34.2 Å². The molecule has 84 valence electrons. The molecule has 0 spiro atoms. The van der Waals surface area contributed by atoms with Gasteiger partial charge in [0.25, 0.3) is 0 Å². The Morgan fingerprint density at radius 2 is 1.27 bits per heavy atom. The van der Waals surface area contributed by atoms with Crippen molar-refractivity contribution in [1.82, 2.24) is 9.97 Å². The van der Waals surface area contributed by atoms with E-state index in [0.717, 1.165) is 0 Å². The van der Waals surface area contributed by atoms with E-state index in [0.29, 0.717) is 0 Å². The summed E-state index contributed by atoms with van der Waals surface area (Å²) in [5.74, 6) is 0. The van der Waals surface area contributed by atoms with Crippen molar-refractivity contribution in [1.29, 1.82) is 0 Å². The molecule has 2 rings (SSSR count). The summed E-state index contributed by atoms with van der Waals surface area (Å²) >= 11 is 3.20. The summed E-state index contributed by atoms with van der Waals surface area (Å²) in [6, 6.07) is 0. The van der Waals surface area contributed by atoms with Crippen molar-refractivity contribution in [3.63, 3.8) is 0 Å². The third-order valence-electron chi connectivity index (χ3n) is 0.819. The van der Waals surface area contributed by atoms with Crippen molar-refractivity contribution >= 4 is 22.7 Å². The number of rotatable bonds is 1. The van der Waals surface area contributed by atoms with Gasteiger partial charge < -0.3 is 11.5 Å². The Kier molecular flexibility index (Phi) is 18.8. The molecule has 0 aliphatic carbocycles. The van der Waals surface area contributed by atoms with E-state index in [4.69, 9.17) is 11.5 Å². The minimum absolute atomic E-state index is 0. The normalized spacial score (nSPS) is 7.33. The van der Waals surface area contributed by atoms with Gasteiger partial charge in [0.2, 0.25) is 0 Å². The molecule has 0 amide bonds. The van der Waals surface area contributed by atoms with Crippen LogP contribution in [-0.2, 0) is 21.1 Å². The van der Waals surface area contributed by atoms with Crippen LogP contribution in [0.1, 0.15) is 0 Å². The Bertz CT molecular complexity index is 187. The zero-order valence-corrected chi connectivity index (χ0v) is 11.8. The van der Waals surface area contributed by atoms with Crippen LogP contribution in [0.3, 0.4) is 0 Å². The molecule has 15 heavy (non-hydrogen) atoms. The number of aromatic nitrogens is 2. The summed E-state index contributed by atoms with van der Waals surface area (Å²) in [6.45, 7) is 0.472. The maximum Gasteiger partial charge on any atom is 4.00 e. The van der Waals surface area contributed by atoms with Gasteiger partial charge in [-0.1, -0.05) is 0 Å². The van der Waals surface area contributed by atoms with Crippen molar-refractivity contribution in [3.8, 4) is 0 Å². The minimum Gasteiger partial charge on any atom is -0.679 e. The van der Waals surface area contributed by atoms with Crippen molar-refractivity contribution in [3.05, 3.63) is 45.6 Å². The average Bonchev–Trinajstić information content (AvgIpc) is 2.94. The smallest absolute Gasteiger partial charge is 0.679 e. The molecular weight excluding hydrogens is 411 g/mol. The molecule has 0 aliphatic rings. The van der Waals surface area contributed by atoms with Gasteiger partial charge in [-0.05, 0) is 0 Å². The summed E-state index contributed by atoms with van der Waals surface area (Å²) in [5.41, 5.74) is 16.1. The molecule has 4 nitrogen and oxygen atoms in total. The van der Waals surface area contributed by atoms with Crippen LogP contribution >= 0.6 is 22.7 Å². The third kappa shape index (κ3) is 16.5. The molecule has 0 bridgehead atoms. The van der Waals surface area contributed by atoms with Gasteiger partial charge in [-0.15, -0.1) is 22.7 Å². The average molecular weight is 423 g/mol. The van der Waals surface area contributed by atoms with E-state index in [1.165, 1.54) is 0 Å². The third-order valence-corrected chi connectivity index (χ3v) is 1.86. The quantitative estimate of drug-likeness (QED) is 0.706. The van der Waals surface area contributed by atoms with Crippen molar-refractivity contribution in [2.75, 3.05) is 13.1 Å². The molecule has 0 radical (unpaired) electrons. The van der Waals surface area contributed by atoms with E-state index in [1.54, 1.807) is 46.1 Å². The zero-order chi connectivity index (χ0) is 10.5. The summed E-state index contributed by atoms with van der Waals surface area (Å²) in [7, 11) is 0. The van der Waals surface area contributed by atoms with Gasteiger partial charge in [0.1, 0.15) is 0 Å². The van der Waals surface area contributed by atoms with Crippen molar-refractivity contribution in [2.45, 2.75) is 0 Å². The second-order valence-electron chi connectivity index (χ2n) is 1.85. The molecule has 2 N–H and O–H groups in total. The number of hydrogen-bond donors (Lipinski definition) is 0. The molecule has 0 aliphatic heterocycles. The van der Waals surface area contributed by atoms with E-state index >= 15 is 0 Å².